The van der Waals surface area contributed by atoms with Crippen LogP contribution in [-0.2, 0) is 20.8 Å². The fraction of sp³-hybridized carbons (Fsp3) is 0.341. The third kappa shape index (κ3) is 12.3. The lowest BCUT2D eigenvalue weighted by Crippen LogP contribution is -2.54. The predicted molar refractivity (Wildman–Crippen MR) is 213 cm³/mol. The van der Waals surface area contributed by atoms with Crippen molar-refractivity contribution in [2.45, 2.75) is 64.6 Å². The number of carbonyl (C=O) groups excluding carboxylic acids is 3. The van der Waals surface area contributed by atoms with E-state index >= 15 is 0 Å². The summed E-state index contributed by atoms with van der Waals surface area (Å²) in [7, 11) is 1.68. The Morgan fingerprint density at radius 3 is 2.00 bits per heavy atom. The van der Waals surface area contributed by atoms with Crippen molar-refractivity contribution < 1.29 is 29.3 Å². The normalized spacial score (nSPS) is 13.3. The minimum absolute atomic E-state index is 0.0669. The van der Waals surface area contributed by atoms with E-state index in [0.717, 1.165) is 34.2 Å². The van der Waals surface area contributed by atoms with Crippen LogP contribution in [0.25, 0.3) is 11.1 Å². The number of phenolic OH excluding ortho intramolecular Hbond substituents is 1. The molecule has 4 aromatic rings. The largest absolute Gasteiger partial charge is 0.508 e. The van der Waals surface area contributed by atoms with Crippen molar-refractivity contribution in [3.8, 4) is 11.5 Å². The molecule has 0 bridgehead atoms. The number of nitrogens with one attached hydrogen (secondary N) is 2. The lowest BCUT2D eigenvalue weighted by molar-refractivity contribution is -0.135. The Morgan fingerprint density at radius 2 is 1.41 bits per heavy atom. The van der Waals surface area contributed by atoms with Crippen LogP contribution in [0.1, 0.15) is 62.3 Å². The Kier molecular flexibility index (Phi) is 15.8. The number of phenols is 1. The number of aliphatic hydroxyl groups is 1. The van der Waals surface area contributed by atoms with Gasteiger partial charge in [-0.25, -0.2) is 0 Å². The molecule has 0 aliphatic rings. The Labute approximate surface area is 319 Å². The van der Waals surface area contributed by atoms with Gasteiger partial charge in [0, 0.05) is 26.1 Å². The zero-order valence-corrected chi connectivity index (χ0v) is 31.7. The zero-order valence-electron chi connectivity index (χ0n) is 31.7. The van der Waals surface area contributed by atoms with Gasteiger partial charge < -0.3 is 36.2 Å². The number of rotatable bonds is 19. The SMILES string of the molecule is CCC(=C(c1ccc(O)cc1)c1ccc(OCCN(C)C(=O)CCNC(=O)C(CC(C)C)NC(=O)C(O)C(N)Cc2ccccc2)cc1)c1ccccc1. The first-order valence-corrected chi connectivity index (χ1v) is 18.6. The second kappa shape index (κ2) is 20.7. The van der Waals surface area contributed by atoms with Crippen LogP contribution in [0.4, 0.5) is 0 Å². The maximum absolute atomic E-state index is 13.1. The van der Waals surface area contributed by atoms with Crippen molar-refractivity contribution in [1.29, 1.82) is 0 Å². The molecule has 0 aliphatic carbocycles. The van der Waals surface area contributed by atoms with Crippen LogP contribution >= 0.6 is 0 Å². The van der Waals surface area contributed by atoms with Crippen LogP contribution in [-0.4, -0.2) is 77.8 Å². The molecule has 0 fully saturated rings. The van der Waals surface area contributed by atoms with Crippen LogP contribution in [0.5, 0.6) is 11.5 Å². The van der Waals surface area contributed by atoms with Crippen molar-refractivity contribution in [3.05, 3.63) is 131 Å². The summed E-state index contributed by atoms with van der Waals surface area (Å²) >= 11 is 0. The highest BCUT2D eigenvalue weighted by molar-refractivity contribution is 5.98. The quantitative estimate of drug-likeness (QED) is 0.0790. The number of hydrogen-bond acceptors (Lipinski definition) is 7. The number of amides is 3. The average molecular weight is 735 g/mol. The summed E-state index contributed by atoms with van der Waals surface area (Å²) in [6, 6.07) is 32.9. The number of allylic oxidation sites excluding steroid dienone is 1. The van der Waals surface area contributed by atoms with E-state index in [1.54, 1.807) is 24.1 Å². The molecular formula is C44H54N4O6. The number of benzene rings is 4. The molecule has 54 heavy (non-hydrogen) atoms. The second-order valence-corrected chi connectivity index (χ2v) is 13.8. The highest BCUT2D eigenvalue weighted by Crippen LogP contribution is 2.35. The number of carbonyl (C=O) groups is 3. The van der Waals surface area contributed by atoms with Gasteiger partial charge in [0.1, 0.15) is 30.3 Å². The van der Waals surface area contributed by atoms with E-state index < -0.39 is 30.0 Å². The molecule has 0 aliphatic heterocycles. The van der Waals surface area contributed by atoms with E-state index in [1.165, 1.54) is 5.57 Å². The van der Waals surface area contributed by atoms with Crippen LogP contribution in [0, 0.1) is 5.92 Å². The van der Waals surface area contributed by atoms with Crippen LogP contribution < -0.4 is 21.1 Å². The van der Waals surface area contributed by atoms with Gasteiger partial charge in [0.05, 0.1) is 6.54 Å². The first-order chi connectivity index (χ1) is 26.0. The van der Waals surface area contributed by atoms with E-state index in [2.05, 4.69) is 29.7 Å². The molecule has 0 saturated heterocycles. The van der Waals surface area contributed by atoms with Crippen molar-refractivity contribution >= 4 is 28.9 Å². The lowest BCUT2D eigenvalue weighted by atomic mass is 9.88. The number of ether oxygens (including phenoxy) is 1. The van der Waals surface area contributed by atoms with Crippen molar-refractivity contribution in [2.75, 3.05) is 26.7 Å². The van der Waals surface area contributed by atoms with E-state index in [9.17, 15) is 24.6 Å². The molecule has 4 aromatic carbocycles. The molecule has 0 spiro atoms. The average Bonchev–Trinajstić information content (AvgIpc) is 3.17. The summed E-state index contributed by atoms with van der Waals surface area (Å²) in [4.78, 5) is 40.3. The molecule has 0 aromatic heterocycles. The monoisotopic (exact) mass is 734 g/mol. The summed E-state index contributed by atoms with van der Waals surface area (Å²) in [5, 5.41) is 25.9. The standard InChI is InChI=1S/C44H54N4O6/c1-5-37(32-14-10-7-11-15-32)41(33-16-20-35(49)21-17-33)34-18-22-36(23-19-34)54-27-26-48(4)40(50)24-25-46-43(52)39(28-30(2)3)47-44(53)42(51)38(45)29-31-12-8-6-9-13-31/h6-23,30,38-39,42,49,51H,5,24-29,45H2,1-4H3,(H,46,52)(H,47,53). The topological polar surface area (TPSA) is 154 Å². The first kappa shape index (κ1) is 41.3. The highest BCUT2D eigenvalue weighted by atomic mass is 16.5. The third-order valence-corrected chi connectivity index (χ3v) is 9.16. The summed E-state index contributed by atoms with van der Waals surface area (Å²) in [5.41, 5.74) is 12.4. The molecule has 286 valence electrons. The summed E-state index contributed by atoms with van der Waals surface area (Å²) < 4.78 is 5.99. The van der Waals surface area contributed by atoms with E-state index in [4.69, 9.17) is 10.5 Å². The maximum atomic E-state index is 13.1. The zero-order chi connectivity index (χ0) is 39.0. The minimum atomic E-state index is -1.49. The molecular weight excluding hydrogens is 681 g/mol. The van der Waals surface area contributed by atoms with Gasteiger partial charge in [-0.15, -0.1) is 0 Å². The van der Waals surface area contributed by atoms with E-state index in [1.807, 2.05) is 98.8 Å². The Hall–Kier alpha value is -5.45. The number of aliphatic hydroxyl groups excluding tert-OH is 1. The lowest BCUT2D eigenvalue weighted by Gasteiger charge is -2.24. The maximum Gasteiger partial charge on any atom is 0.251 e. The Balaban J connectivity index is 1.27. The van der Waals surface area contributed by atoms with Crippen LogP contribution in [0.15, 0.2) is 109 Å². The van der Waals surface area contributed by atoms with Crippen molar-refractivity contribution in [2.24, 2.45) is 11.7 Å². The fourth-order valence-electron chi connectivity index (χ4n) is 6.21. The number of nitrogens with zero attached hydrogens (tertiary/aromatic N) is 1. The summed E-state index contributed by atoms with van der Waals surface area (Å²) in [6.45, 7) is 6.70. The molecule has 6 N–H and O–H groups in total. The van der Waals surface area contributed by atoms with Gasteiger partial charge in [0.2, 0.25) is 11.8 Å². The van der Waals surface area contributed by atoms with E-state index in [-0.39, 0.29) is 37.1 Å². The first-order valence-electron chi connectivity index (χ1n) is 18.6. The van der Waals surface area contributed by atoms with Gasteiger partial charge in [0.15, 0.2) is 0 Å². The Morgan fingerprint density at radius 1 is 0.815 bits per heavy atom. The van der Waals surface area contributed by atoms with Gasteiger partial charge >= 0.3 is 0 Å². The van der Waals surface area contributed by atoms with Gasteiger partial charge in [0.25, 0.3) is 5.91 Å². The molecule has 10 nitrogen and oxygen atoms in total. The molecule has 0 saturated carbocycles. The number of likely N-dealkylation sites (N-methyl/N-ethyl adjacent to an activating group) is 1. The highest BCUT2D eigenvalue weighted by Gasteiger charge is 2.28. The number of nitrogens with two attached hydrogens (primary N) is 1. The molecule has 0 heterocycles. The van der Waals surface area contributed by atoms with Gasteiger partial charge in [-0.1, -0.05) is 106 Å². The number of aromatic hydroxyl groups is 1. The van der Waals surface area contributed by atoms with E-state index in [0.29, 0.717) is 25.1 Å². The molecule has 4 rings (SSSR count). The van der Waals surface area contributed by atoms with Crippen molar-refractivity contribution in [3.63, 3.8) is 0 Å². The molecule has 3 amide bonds. The molecule has 10 heteroatoms. The van der Waals surface area contributed by atoms with Crippen LogP contribution in [0.3, 0.4) is 0 Å². The summed E-state index contributed by atoms with van der Waals surface area (Å²) in [5.74, 6) is -0.349. The minimum Gasteiger partial charge on any atom is -0.508 e. The smallest absolute Gasteiger partial charge is 0.251 e. The van der Waals surface area contributed by atoms with Crippen molar-refractivity contribution in [1.82, 2.24) is 15.5 Å². The van der Waals surface area contributed by atoms with Gasteiger partial charge in [-0.05, 0) is 82.8 Å². The fourth-order valence-corrected chi connectivity index (χ4v) is 6.21. The number of hydrogen-bond donors (Lipinski definition) is 5. The molecule has 3 unspecified atom stereocenters. The van der Waals surface area contributed by atoms with Gasteiger partial charge in [-0.2, -0.15) is 0 Å². The molecule has 0 radical (unpaired) electrons. The Bertz CT molecular complexity index is 1810. The predicted octanol–water partition coefficient (Wildman–Crippen LogP) is 5.57. The second-order valence-electron chi connectivity index (χ2n) is 13.8. The molecule has 3 atom stereocenters. The van der Waals surface area contributed by atoms with Crippen LogP contribution in [0.2, 0.25) is 0 Å². The summed E-state index contributed by atoms with van der Waals surface area (Å²) in [6.07, 6.45) is 0.0467. The van der Waals surface area contributed by atoms with Gasteiger partial charge in [-0.3, -0.25) is 14.4 Å². The third-order valence-electron chi connectivity index (χ3n) is 9.16.